The molecule has 35 heteroatoms. The largest absolute Gasteiger partial charge is 0.381 e. The van der Waals surface area contributed by atoms with E-state index in [0.29, 0.717) is 97.4 Å². The van der Waals surface area contributed by atoms with Crippen molar-refractivity contribution in [2.45, 2.75) is 25.9 Å². The number of benzene rings is 5. The number of rotatable bonds is 10. The van der Waals surface area contributed by atoms with Gasteiger partial charge in [-0.1, -0.05) is 120 Å². The zero-order valence-electron chi connectivity index (χ0n) is 67.0. The van der Waals surface area contributed by atoms with Crippen molar-refractivity contribution < 1.29 is 0 Å². The van der Waals surface area contributed by atoms with Gasteiger partial charge in [0.25, 0.3) is 5.56 Å². The Morgan fingerprint density at radius 3 is 1.30 bits per heavy atom. The molecule has 18 aromatic rings. The van der Waals surface area contributed by atoms with Gasteiger partial charge in [0.1, 0.15) is 58.1 Å². The molecule has 612 valence electrons. The molecule has 5 aromatic carbocycles. The number of nitrogens with zero attached hydrogens (tertiary/aromatic N) is 25. The van der Waals surface area contributed by atoms with Crippen LogP contribution in [0.5, 0.6) is 0 Å². The second-order valence-electron chi connectivity index (χ2n) is 28.5. The molecular weight excluding hydrogens is 1620 g/mol. The van der Waals surface area contributed by atoms with E-state index in [1.165, 1.54) is 5.56 Å². The van der Waals surface area contributed by atoms with Crippen molar-refractivity contribution in [1.82, 2.24) is 104 Å². The van der Waals surface area contributed by atoms with Crippen molar-refractivity contribution in [3.05, 3.63) is 292 Å². The third-order valence-corrected chi connectivity index (χ3v) is 20.9. The van der Waals surface area contributed by atoms with Crippen LogP contribution in [0.4, 0.5) is 46.5 Å². The third-order valence-electron chi connectivity index (χ3n) is 20.2. The highest BCUT2D eigenvalue weighted by molar-refractivity contribution is 6.36. The first-order valence-corrected chi connectivity index (χ1v) is 39.4. The Hall–Kier alpha value is -17.1. The van der Waals surface area contributed by atoms with E-state index in [0.717, 1.165) is 103 Å². The van der Waals surface area contributed by atoms with Crippen LogP contribution in [0, 0.1) is 34.0 Å². The Morgan fingerprint density at radius 1 is 0.368 bits per heavy atom. The maximum absolute atomic E-state index is 12.0. The van der Waals surface area contributed by atoms with Gasteiger partial charge in [-0.3, -0.25) is 43.8 Å². The monoisotopic (exact) mass is 1690 g/mol. The quantitative estimate of drug-likeness (QED) is 0.0668. The number of aromatic amines is 1. The van der Waals surface area contributed by atoms with Crippen LogP contribution >= 0.6 is 23.2 Å². The Morgan fingerprint density at radius 2 is 0.776 bits per heavy atom. The number of hydrogen-bond acceptors (Lipinski definition) is 29. The van der Waals surface area contributed by atoms with Crippen LogP contribution in [0.1, 0.15) is 39.6 Å². The molecule has 0 saturated carbocycles. The molecule has 13 N–H and O–H groups in total. The number of H-pyrrole nitrogens is 1. The summed E-state index contributed by atoms with van der Waals surface area (Å²) in [6.45, 7) is 2.86. The minimum atomic E-state index is -0.452. The average Bonchev–Trinajstić information content (AvgIpc) is 1.75. The molecule has 13 aromatic heterocycles. The normalized spacial score (nSPS) is 11.9. The SMILES string of the molecule is Cn1ccc(-c2nc(N)c(=O)[nH]c2-c2ccc3nccc(Cl)c3c2)n1.Cn1ccc(-c2nc(N)c(C#N)nc2-c2ccc3nccc(Cl)c3c2)n1.Cn1ccc(-c2nc(N)c(C#N)nc2N2CCc3ncccc3C2)n1.N#Cc1nc(N2CCc3ncccc3C2)c(-c2ccccc2)nc1N.Nc1nc(-c2ccccc2)c(-c2ccc3ncccc3c2)nc1N. The smallest absolute Gasteiger partial charge is 0.290 e. The molecule has 0 spiro atoms. The first-order valence-electron chi connectivity index (χ1n) is 38.7. The molecule has 0 radical (unpaired) electrons. The zero-order valence-corrected chi connectivity index (χ0v) is 68.5. The molecule has 2 aliphatic rings. The summed E-state index contributed by atoms with van der Waals surface area (Å²) in [5.41, 5.74) is 53.0. The number of aryl methyl sites for hydroxylation is 3. The van der Waals surface area contributed by atoms with Gasteiger partial charge in [0, 0.05) is 165 Å². The predicted octanol–water partition coefficient (Wildman–Crippen LogP) is 13.2. The van der Waals surface area contributed by atoms with Crippen molar-refractivity contribution in [3.63, 3.8) is 0 Å². The molecule has 125 heavy (non-hydrogen) atoms. The molecule has 33 nitrogen and oxygen atoms in total. The number of nitrogens with one attached hydrogen (secondary N) is 1. The second-order valence-corrected chi connectivity index (χ2v) is 29.3. The van der Waals surface area contributed by atoms with Crippen LogP contribution in [0.3, 0.4) is 0 Å². The number of nitrogen functional groups attached to an aromatic ring is 6. The van der Waals surface area contributed by atoms with Gasteiger partial charge in [0.05, 0.1) is 49.4 Å². The van der Waals surface area contributed by atoms with Crippen LogP contribution < -0.4 is 49.8 Å². The molecule has 0 saturated heterocycles. The second kappa shape index (κ2) is 35.8. The van der Waals surface area contributed by atoms with Crippen molar-refractivity contribution in [3.8, 4) is 109 Å². The summed E-state index contributed by atoms with van der Waals surface area (Å²) < 4.78 is 5.02. The van der Waals surface area contributed by atoms with Gasteiger partial charge in [-0.15, -0.1) is 0 Å². The zero-order chi connectivity index (χ0) is 86.9. The standard InChI is InChI=1S/C19H16N6.C19H15N5.C18H12ClN7.C17H13ClN6O.C17H16N8/c20-11-16-18(21)24-17(13-5-2-1-3-6-13)19(23-16)25-10-8-15-14(12-25)7-4-9-22-15;20-18-19(21)24-17(16(23-18)12-5-2-1-3-6-12)14-8-9-15-13(11-14)7-4-10-22-15;1-26-7-5-14(25-26)17-16(23-15(9-20)18(21)24-17)10-2-3-13-11(8-10)12(19)4-6-22-13;1-24-7-5-13(23-24)15-14(22-17(25)16(19)21-15)9-2-3-12-10(8-9)11(18)4-6-20-12;1-24-7-4-13(23-24)15-17(21-14(9-18)16(19)22-15)25-8-5-12-11(10-25)3-2-6-20-12/h1-7,9H,8,10,12H2,(H2,21,24);1-11H,(H2,20,23)(H2,21,24);2-8H,1H3,(H2,21,24);2-8H,1H3,(H2,19,21)(H,22,25);2-4,6-7H,5,8,10H2,1H3,(H2,19,22). The molecule has 0 unspecified atom stereocenters. The van der Waals surface area contributed by atoms with E-state index in [2.05, 4.69) is 112 Å². The van der Waals surface area contributed by atoms with Gasteiger partial charge >= 0.3 is 0 Å². The number of nitrogens with two attached hydrogens (primary N) is 6. The summed E-state index contributed by atoms with van der Waals surface area (Å²) in [6, 6.07) is 63.6. The molecule has 0 atom stereocenters. The van der Waals surface area contributed by atoms with Crippen molar-refractivity contribution in [2.75, 3.05) is 57.3 Å². The third kappa shape index (κ3) is 17.7. The van der Waals surface area contributed by atoms with Gasteiger partial charge in [-0.2, -0.15) is 31.1 Å². The predicted molar refractivity (Wildman–Crippen MR) is 481 cm³/mol. The molecule has 0 bridgehead atoms. The van der Waals surface area contributed by atoms with E-state index < -0.39 is 5.56 Å². The van der Waals surface area contributed by atoms with E-state index in [1.54, 1.807) is 70.3 Å². The summed E-state index contributed by atoms with van der Waals surface area (Å²) in [5, 5.41) is 44.8. The van der Waals surface area contributed by atoms with Crippen LogP contribution in [0.15, 0.2) is 236 Å². The summed E-state index contributed by atoms with van der Waals surface area (Å²) in [6.07, 6.45) is 15.8. The summed E-state index contributed by atoms with van der Waals surface area (Å²) in [7, 11) is 5.46. The lowest BCUT2D eigenvalue weighted by atomic mass is 10.0. The highest BCUT2D eigenvalue weighted by atomic mass is 35.5. The number of halogens is 2. The average molecular weight is 1690 g/mol. The number of anilines is 8. The number of hydrogen-bond donors (Lipinski definition) is 7. The fraction of sp³-hybridized carbons (Fsp3) is 0.100. The Kier molecular flexibility index (Phi) is 23.4. The summed E-state index contributed by atoms with van der Waals surface area (Å²) >= 11 is 12.6. The number of pyridine rings is 5. The molecular formula is C90H72Cl2N32O. The van der Waals surface area contributed by atoms with E-state index in [1.807, 2.05) is 203 Å². The summed E-state index contributed by atoms with van der Waals surface area (Å²) in [5.74, 6) is 2.01. The fourth-order valence-electron chi connectivity index (χ4n) is 14.1. The first kappa shape index (κ1) is 81.6. The molecule has 20 rings (SSSR count). The van der Waals surface area contributed by atoms with Gasteiger partial charge in [-0.05, 0) is 96.1 Å². The minimum absolute atomic E-state index is 0.0667. The molecule has 0 aliphatic carbocycles. The summed E-state index contributed by atoms with van der Waals surface area (Å²) in [4.78, 5) is 80.8. The topological polar surface area (TPSA) is 501 Å². The van der Waals surface area contributed by atoms with E-state index >= 15 is 0 Å². The molecule has 0 amide bonds. The lowest BCUT2D eigenvalue weighted by molar-refractivity contribution is 0.700. The fourth-order valence-corrected chi connectivity index (χ4v) is 14.6. The Labute approximate surface area is 722 Å². The van der Waals surface area contributed by atoms with E-state index in [4.69, 9.17) is 57.6 Å². The Bertz CT molecular complexity index is 7340. The van der Waals surface area contributed by atoms with Crippen LogP contribution in [-0.4, -0.2) is 117 Å². The maximum atomic E-state index is 12.0. The van der Waals surface area contributed by atoms with Crippen LogP contribution in [-0.2, 0) is 47.1 Å². The number of aromatic nitrogens is 21. The first-order chi connectivity index (χ1) is 60.7. The van der Waals surface area contributed by atoms with Crippen molar-refractivity contribution in [1.29, 1.82) is 15.8 Å². The van der Waals surface area contributed by atoms with E-state index in [9.17, 15) is 20.6 Å². The lowest BCUT2D eigenvalue weighted by Crippen LogP contribution is -2.32. The van der Waals surface area contributed by atoms with Crippen LogP contribution in [0.2, 0.25) is 10.0 Å². The van der Waals surface area contributed by atoms with Gasteiger partial charge in [-0.25, -0.2) is 44.9 Å². The Balaban J connectivity index is 0.000000115. The van der Waals surface area contributed by atoms with Crippen LogP contribution in [0.25, 0.3) is 123 Å². The van der Waals surface area contributed by atoms with Crippen molar-refractivity contribution in [2.24, 2.45) is 21.1 Å². The van der Waals surface area contributed by atoms with E-state index in [-0.39, 0.29) is 52.0 Å². The number of nitriles is 3. The highest BCUT2D eigenvalue weighted by Gasteiger charge is 2.28. The van der Waals surface area contributed by atoms with Gasteiger partial charge < -0.3 is 49.2 Å². The van der Waals surface area contributed by atoms with Gasteiger partial charge in [0.15, 0.2) is 63.6 Å². The number of fused-ring (bicyclic) bond motifs is 5. The maximum Gasteiger partial charge on any atom is 0.290 e. The van der Waals surface area contributed by atoms with Crippen molar-refractivity contribution >= 4 is 102 Å². The highest BCUT2D eigenvalue weighted by Crippen LogP contribution is 2.39. The van der Waals surface area contributed by atoms with Gasteiger partial charge in [0.2, 0.25) is 0 Å². The molecule has 15 heterocycles. The molecule has 2 aliphatic heterocycles. The molecule has 0 fully saturated rings. The lowest BCUT2D eigenvalue weighted by Gasteiger charge is -2.30. The minimum Gasteiger partial charge on any atom is -0.381 e.